The van der Waals surface area contributed by atoms with Crippen LogP contribution in [0, 0.1) is 0 Å². The first-order chi connectivity index (χ1) is 4.31. The van der Waals surface area contributed by atoms with Crippen molar-refractivity contribution in [3.63, 3.8) is 0 Å². The second-order valence-electron chi connectivity index (χ2n) is 1.49. The van der Waals surface area contributed by atoms with Crippen LogP contribution in [0.25, 0.3) is 0 Å². The Morgan fingerprint density at radius 3 is 2.89 bits per heavy atom. The molecule has 0 rings (SSSR count). The van der Waals surface area contributed by atoms with Crippen molar-refractivity contribution in [2.75, 3.05) is 13.2 Å². The molecule has 0 unspecified atom stereocenters. The van der Waals surface area contributed by atoms with Crippen LogP contribution in [0.5, 0.6) is 0 Å². The van der Waals surface area contributed by atoms with Crippen LogP contribution in [0.4, 0.5) is 0 Å². The smallest absolute Gasteiger partial charge is 0.146 e. The Labute approximate surface area is 53.9 Å². The van der Waals surface area contributed by atoms with Gasteiger partial charge in [0.25, 0.3) is 0 Å². The molecule has 0 aliphatic heterocycles. The van der Waals surface area contributed by atoms with Gasteiger partial charge in [0, 0.05) is 6.08 Å². The molecule has 0 bridgehead atoms. The number of aliphatic hydroxyl groups is 1. The summed E-state index contributed by atoms with van der Waals surface area (Å²) in [6, 6.07) is 0. The summed E-state index contributed by atoms with van der Waals surface area (Å²) >= 11 is 0. The fraction of sp³-hybridized carbons (Fsp3) is 0.500. The third-order valence-corrected chi connectivity index (χ3v) is 0.724. The van der Waals surface area contributed by atoms with Crippen LogP contribution in [-0.4, -0.2) is 24.6 Å². The van der Waals surface area contributed by atoms with Gasteiger partial charge < -0.3 is 9.84 Å². The maximum atomic E-state index is 9.76. The molecule has 0 radical (unpaired) electrons. The van der Waals surface area contributed by atoms with E-state index in [1.807, 2.05) is 0 Å². The van der Waals surface area contributed by atoms with E-state index in [0.29, 0.717) is 12.0 Å². The van der Waals surface area contributed by atoms with E-state index in [2.05, 4.69) is 0 Å². The van der Waals surface area contributed by atoms with Crippen molar-refractivity contribution in [2.24, 2.45) is 0 Å². The van der Waals surface area contributed by atoms with Crippen LogP contribution < -0.4 is 0 Å². The van der Waals surface area contributed by atoms with Gasteiger partial charge in [-0.05, 0) is 6.92 Å². The molecule has 0 aromatic heterocycles. The quantitative estimate of drug-likeness (QED) is 0.333. The molecule has 9 heavy (non-hydrogen) atoms. The van der Waals surface area contributed by atoms with E-state index in [1.54, 1.807) is 6.92 Å². The van der Waals surface area contributed by atoms with Gasteiger partial charge in [-0.3, -0.25) is 4.79 Å². The first-order valence-corrected chi connectivity index (χ1v) is 2.67. The number of ether oxygens (including phenoxy) is 1. The van der Waals surface area contributed by atoms with Crippen molar-refractivity contribution >= 4 is 6.29 Å². The van der Waals surface area contributed by atoms with Crippen LogP contribution in [0.3, 0.4) is 0 Å². The Bertz CT molecular complexity index is 107. The van der Waals surface area contributed by atoms with Gasteiger partial charge in [-0.1, -0.05) is 0 Å². The Morgan fingerprint density at radius 2 is 2.44 bits per heavy atom. The van der Waals surface area contributed by atoms with Crippen molar-refractivity contribution in [1.82, 2.24) is 0 Å². The van der Waals surface area contributed by atoms with Gasteiger partial charge in [-0.25, -0.2) is 0 Å². The molecule has 0 fully saturated rings. The van der Waals surface area contributed by atoms with Gasteiger partial charge in [0.1, 0.15) is 12.9 Å². The summed E-state index contributed by atoms with van der Waals surface area (Å²) in [7, 11) is 0. The molecule has 0 amide bonds. The lowest BCUT2D eigenvalue weighted by atomic mass is 10.5. The maximum absolute atomic E-state index is 9.76. The zero-order valence-corrected chi connectivity index (χ0v) is 5.33. The van der Waals surface area contributed by atoms with E-state index in [1.165, 1.54) is 6.08 Å². The minimum absolute atomic E-state index is 0.0238. The summed E-state index contributed by atoms with van der Waals surface area (Å²) in [5.74, 6) is 0.527. The fourth-order valence-corrected chi connectivity index (χ4v) is 0.351. The first kappa shape index (κ1) is 8.17. The summed E-state index contributed by atoms with van der Waals surface area (Å²) in [6.07, 6.45) is 1.95. The Hall–Kier alpha value is -0.830. The van der Waals surface area contributed by atoms with Crippen molar-refractivity contribution < 1.29 is 14.6 Å². The molecule has 0 aliphatic carbocycles. The highest BCUT2D eigenvalue weighted by Gasteiger charge is 1.85. The molecule has 3 heteroatoms. The predicted octanol–water partition coefficient (Wildman–Crippen LogP) is 0.0980. The molecule has 0 atom stereocenters. The molecule has 0 saturated heterocycles. The topological polar surface area (TPSA) is 46.5 Å². The highest BCUT2D eigenvalue weighted by molar-refractivity contribution is 5.65. The number of hydrogen-bond acceptors (Lipinski definition) is 3. The van der Waals surface area contributed by atoms with Crippen molar-refractivity contribution in [3.05, 3.63) is 11.8 Å². The van der Waals surface area contributed by atoms with Crippen molar-refractivity contribution in [1.29, 1.82) is 0 Å². The maximum Gasteiger partial charge on any atom is 0.146 e. The van der Waals surface area contributed by atoms with Gasteiger partial charge in [0.15, 0.2) is 0 Å². The lowest BCUT2D eigenvalue weighted by molar-refractivity contribution is -0.104. The fourth-order valence-electron chi connectivity index (χ4n) is 0.351. The van der Waals surface area contributed by atoms with E-state index in [9.17, 15) is 4.79 Å². The third kappa shape index (κ3) is 5.03. The van der Waals surface area contributed by atoms with E-state index < -0.39 is 0 Å². The molecule has 0 saturated carbocycles. The van der Waals surface area contributed by atoms with Crippen LogP contribution >= 0.6 is 0 Å². The summed E-state index contributed by atoms with van der Waals surface area (Å²) in [5, 5.41) is 8.24. The zero-order valence-electron chi connectivity index (χ0n) is 5.33. The van der Waals surface area contributed by atoms with Gasteiger partial charge in [-0.2, -0.15) is 0 Å². The average molecular weight is 130 g/mol. The molecule has 0 aromatic carbocycles. The second-order valence-corrected chi connectivity index (χ2v) is 1.49. The van der Waals surface area contributed by atoms with E-state index in [0.717, 1.165) is 0 Å². The Kier molecular flexibility index (Phi) is 4.82. The predicted molar refractivity (Wildman–Crippen MR) is 32.9 cm³/mol. The van der Waals surface area contributed by atoms with E-state index in [-0.39, 0.29) is 13.2 Å². The minimum atomic E-state index is -0.0238. The number of aliphatic hydroxyl groups excluding tert-OH is 1. The minimum Gasteiger partial charge on any atom is -0.496 e. The number of carbonyl (C=O) groups is 1. The van der Waals surface area contributed by atoms with Crippen LogP contribution in [0.1, 0.15) is 6.92 Å². The number of carbonyl (C=O) groups excluding carboxylic acids is 1. The number of aldehydes is 1. The van der Waals surface area contributed by atoms with Crippen LogP contribution in [0.15, 0.2) is 11.8 Å². The van der Waals surface area contributed by atoms with Crippen LogP contribution in [0.2, 0.25) is 0 Å². The van der Waals surface area contributed by atoms with Crippen molar-refractivity contribution in [2.45, 2.75) is 6.92 Å². The zero-order chi connectivity index (χ0) is 7.11. The van der Waals surface area contributed by atoms with E-state index in [4.69, 9.17) is 9.84 Å². The molecule has 52 valence electrons. The normalized spacial score (nSPS) is 11.1. The summed E-state index contributed by atoms with van der Waals surface area (Å²) in [5.41, 5.74) is 0. The highest BCUT2D eigenvalue weighted by Crippen LogP contribution is 1.90. The van der Waals surface area contributed by atoms with Gasteiger partial charge in [-0.15, -0.1) is 0 Å². The molecule has 1 N–H and O–H groups in total. The van der Waals surface area contributed by atoms with Crippen molar-refractivity contribution in [3.8, 4) is 0 Å². The van der Waals surface area contributed by atoms with E-state index >= 15 is 0 Å². The molecule has 0 aliphatic rings. The monoisotopic (exact) mass is 130 g/mol. The Morgan fingerprint density at radius 1 is 1.78 bits per heavy atom. The van der Waals surface area contributed by atoms with Crippen LogP contribution in [-0.2, 0) is 9.53 Å². The molecule has 0 heterocycles. The molecular formula is C6H10O3. The van der Waals surface area contributed by atoms with Gasteiger partial charge >= 0.3 is 0 Å². The Balaban J connectivity index is 3.36. The molecule has 3 nitrogen and oxygen atoms in total. The second kappa shape index (κ2) is 5.31. The summed E-state index contributed by atoms with van der Waals surface area (Å²) < 4.78 is 4.81. The third-order valence-electron chi connectivity index (χ3n) is 0.724. The standard InChI is InChI=1S/C6H10O3/c1-6(2-3-7)9-5-4-8/h2-3,8H,4-5H2,1H3. The first-order valence-electron chi connectivity index (χ1n) is 2.67. The van der Waals surface area contributed by atoms with Gasteiger partial charge in [0.05, 0.1) is 12.4 Å². The number of hydrogen-bond donors (Lipinski definition) is 1. The SMILES string of the molecule is CC(=CC=O)OCCO. The van der Waals surface area contributed by atoms with Gasteiger partial charge in [0.2, 0.25) is 0 Å². The average Bonchev–Trinajstić information content (AvgIpc) is 1.85. The summed E-state index contributed by atoms with van der Waals surface area (Å²) in [6.45, 7) is 1.88. The molecule has 0 aromatic rings. The lowest BCUT2D eigenvalue weighted by Crippen LogP contribution is -1.96. The largest absolute Gasteiger partial charge is 0.496 e. The lowest BCUT2D eigenvalue weighted by Gasteiger charge is -2.00. The molecule has 0 spiro atoms. The number of allylic oxidation sites excluding steroid dienone is 2. The highest BCUT2D eigenvalue weighted by atomic mass is 16.5. The molecular weight excluding hydrogens is 120 g/mol. The summed E-state index contributed by atoms with van der Waals surface area (Å²) in [4.78, 5) is 9.76. The number of rotatable bonds is 4.